The molecule has 5 heteroatoms. The van der Waals surface area contributed by atoms with Crippen LogP contribution in [0.15, 0.2) is 18.3 Å². The van der Waals surface area contributed by atoms with Gasteiger partial charge in [-0.3, -0.25) is 4.79 Å². The first-order valence-corrected chi connectivity index (χ1v) is 8.00. The van der Waals surface area contributed by atoms with Crippen LogP contribution >= 0.6 is 0 Å². The predicted octanol–water partition coefficient (Wildman–Crippen LogP) is 2.00. The molecule has 0 aromatic carbocycles. The van der Waals surface area contributed by atoms with Crippen molar-refractivity contribution in [1.82, 2.24) is 4.98 Å². The average Bonchev–Trinajstić information content (AvgIpc) is 3.19. The van der Waals surface area contributed by atoms with Crippen molar-refractivity contribution in [2.75, 3.05) is 29.9 Å². The Kier molecular flexibility index (Phi) is 4.39. The minimum atomic E-state index is 0.0632. The third-order valence-electron chi connectivity index (χ3n) is 4.74. The Morgan fingerprint density at radius 3 is 2.76 bits per heavy atom. The molecule has 1 saturated heterocycles. The molecule has 3 N–H and O–H groups in total. The van der Waals surface area contributed by atoms with Gasteiger partial charge in [-0.25, -0.2) is 4.98 Å². The van der Waals surface area contributed by atoms with Gasteiger partial charge in [-0.15, -0.1) is 0 Å². The molecule has 0 unspecified atom stereocenters. The molecule has 21 heavy (non-hydrogen) atoms. The molecule has 1 aromatic rings. The first-order valence-electron chi connectivity index (χ1n) is 8.00. The van der Waals surface area contributed by atoms with Crippen LogP contribution in [0.3, 0.4) is 0 Å². The van der Waals surface area contributed by atoms with Crippen LogP contribution in [0.5, 0.6) is 0 Å². The van der Waals surface area contributed by atoms with Crippen molar-refractivity contribution in [1.29, 1.82) is 0 Å². The fraction of sp³-hybridized carbons (Fsp3) is 0.625. The number of hydrogen-bond donors (Lipinski definition) is 2. The molecule has 5 nitrogen and oxygen atoms in total. The Balaban J connectivity index is 1.60. The molecule has 2 heterocycles. The molecule has 2 fully saturated rings. The fourth-order valence-electron chi connectivity index (χ4n) is 3.49. The lowest BCUT2D eigenvalue weighted by Gasteiger charge is -2.18. The maximum absolute atomic E-state index is 12.3. The van der Waals surface area contributed by atoms with Crippen LogP contribution in [-0.4, -0.2) is 30.5 Å². The fourth-order valence-corrected chi connectivity index (χ4v) is 3.49. The van der Waals surface area contributed by atoms with E-state index in [1.807, 2.05) is 12.1 Å². The smallest absolute Gasteiger partial charge is 0.227 e. The van der Waals surface area contributed by atoms with Gasteiger partial charge in [0.2, 0.25) is 5.91 Å². The number of amides is 1. The van der Waals surface area contributed by atoms with E-state index in [9.17, 15) is 4.79 Å². The Bertz CT molecular complexity index is 482. The van der Waals surface area contributed by atoms with E-state index in [2.05, 4.69) is 15.2 Å². The van der Waals surface area contributed by atoms with Gasteiger partial charge in [-0.2, -0.15) is 0 Å². The van der Waals surface area contributed by atoms with Crippen LogP contribution in [0.1, 0.15) is 32.1 Å². The maximum Gasteiger partial charge on any atom is 0.227 e. The van der Waals surface area contributed by atoms with Crippen molar-refractivity contribution in [3.05, 3.63) is 18.3 Å². The van der Waals surface area contributed by atoms with Crippen LogP contribution in [0.2, 0.25) is 0 Å². The highest BCUT2D eigenvalue weighted by Crippen LogP contribution is 2.32. The molecule has 2 aliphatic rings. The number of aromatic nitrogens is 1. The SMILES string of the molecule is NC[C@H]1CCC[C@H]1C(=O)Nc1ccc(N2CCCC2)nc1. The number of rotatable bonds is 4. The summed E-state index contributed by atoms with van der Waals surface area (Å²) in [5, 5.41) is 2.99. The lowest BCUT2D eigenvalue weighted by Crippen LogP contribution is -2.29. The van der Waals surface area contributed by atoms with Crippen LogP contribution in [0, 0.1) is 11.8 Å². The quantitative estimate of drug-likeness (QED) is 0.889. The molecule has 0 bridgehead atoms. The Morgan fingerprint density at radius 1 is 1.29 bits per heavy atom. The molecule has 1 amide bonds. The molecule has 1 aliphatic carbocycles. The van der Waals surface area contributed by atoms with E-state index in [1.54, 1.807) is 6.20 Å². The molecule has 1 saturated carbocycles. The summed E-state index contributed by atoms with van der Waals surface area (Å²) in [6.45, 7) is 2.77. The summed E-state index contributed by atoms with van der Waals surface area (Å²) in [6, 6.07) is 3.95. The topological polar surface area (TPSA) is 71.2 Å². The molecule has 114 valence electrons. The van der Waals surface area contributed by atoms with Crippen molar-refractivity contribution in [2.24, 2.45) is 17.6 Å². The number of nitrogens with two attached hydrogens (primary N) is 1. The number of pyridine rings is 1. The number of nitrogens with zero attached hydrogens (tertiary/aromatic N) is 2. The Hall–Kier alpha value is -1.62. The van der Waals surface area contributed by atoms with Crippen LogP contribution in [0.25, 0.3) is 0 Å². The second-order valence-electron chi connectivity index (χ2n) is 6.12. The maximum atomic E-state index is 12.3. The third-order valence-corrected chi connectivity index (χ3v) is 4.74. The molecule has 1 aromatic heterocycles. The molecular formula is C16H24N4O. The zero-order chi connectivity index (χ0) is 14.7. The predicted molar refractivity (Wildman–Crippen MR) is 84.2 cm³/mol. The first kappa shape index (κ1) is 14.3. The lowest BCUT2D eigenvalue weighted by atomic mass is 9.95. The van der Waals surface area contributed by atoms with E-state index in [4.69, 9.17) is 5.73 Å². The molecule has 0 radical (unpaired) electrons. The van der Waals surface area contributed by atoms with Gasteiger partial charge in [0.05, 0.1) is 11.9 Å². The summed E-state index contributed by atoms with van der Waals surface area (Å²) in [4.78, 5) is 19.1. The van der Waals surface area contributed by atoms with Crippen molar-refractivity contribution in [3.63, 3.8) is 0 Å². The van der Waals surface area contributed by atoms with E-state index < -0.39 is 0 Å². The minimum absolute atomic E-state index is 0.0632. The van der Waals surface area contributed by atoms with Gasteiger partial charge in [0.25, 0.3) is 0 Å². The van der Waals surface area contributed by atoms with Gasteiger partial charge in [-0.1, -0.05) is 6.42 Å². The Morgan fingerprint density at radius 2 is 2.10 bits per heavy atom. The number of anilines is 2. The van der Waals surface area contributed by atoms with Crippen molar-refractivity contribution >= 4 is 17.4 Å². The Labute approximate surface area is 125 Å². The van der Waals surface area contributed by atoms with E-state index in [0.29, 0.717) is 12.5 Å². The number of nitrogens with one attached hydrogen (secondary N) is 1. The summed E-state index contributed by atoms with van der Waals surface area (Å²) in [5.41, 5.74) is 6.53. The largest absolute Gasteiger partial charge is 0.357 e. The van der Waals surface area contributed by atoms with Crippen LogP contribution in [0.4, 0.5) is 11.5 Å². The lowest BCUT2D eigenvalue weighted by molar-refractivity contribution is -0.120. The third kappa shape index (κ3) is 3.18. The highest BCUT2D eigenvalue weighted by molar-refractivity contribution is 5.92. The number of carbonyl (C=O) groups excluding carboxylic acids is 1. The van der Waals surface area contributed by atoms with Gasteiger partial charge < -0.3 is 16.0 Å². The van der Waals surface area contributed by atoms with Crippen LogP contribution < -0.4 is 16.0 Å². The number of hydrogen-bond acceptors (Lipinski definition) is 4. The zero-order valence-corrected chi connectivity index (χ0v) is 12.4. The summed E-state index contributed by atoms with van der Waals surface area (Å²) in [7, 11) is 0. The van der Waals surface area contributed by atoms with E-state index >= 15 is 0 Å². The molecular weight excluding hydrogens is 264 g/mol. The van der Waals surface area contributed by atoms with Gasteiger partial charge >= 0.3 is 0 Å². The highest BCUT2D eigenvalue weighted by atomic mass is 16.1. The van der Waals surface area contributed by atoms with Crippen LogP contribution in [-0.2, 0) is 4.79 Å². The van der Waals surface area contributed by atoms with E-state index in [1.165, 1.54) is 12.8 Å². The second-order valence-corrected chi connectivity index (χ2v) is 6.12. The van der Waals surface area contributed by atoms with Gasteiger partial charge in [0.1, 0.15) is 5.82 Å². The summed E-state index contributed by atoms with van der Waals surface area (Å²) >= 11 is 0. The van der Waals surface area contributed by atoms with Crippen molar-refractivity contribution < 1.29 is 4.79 Å². The highest BCUT2D eigenvalue weighted by Gasteiger charge is 2.31. The van der Waals surface area contributed by atoms with E-state index in [0.717, 1.165) is 43.9 Å². The first-order chi connectivity index (χ1) is 10.3. The average molecular weight is 288 g/mol. The number of carbonyl (C=O) groups is 1. The molecule has 0 spiro atoms. The summed E-state index contributed by atoms with van der Waals surface area (Å²) < 4.78 is 0. The summed E-state index contributed by atoms with van der Waals surface area (Å²) in [5.74, 6) is 1.50. The second kappa shape index (κ2) is 6.43. The molecule has 2 atom stereocenters. The standard InChI is InChI=1S/C16H24N4O/c17-10-12-4-3-5-14(12)16(21)19-13-6-7-15(18-11-13)20-8-1-2-9-20/h6-7,11-12,14H,1-5,8-10,17H2,(H,19,21)/t12-,14-/m1/s1. The van der Waals surface area contributed by atoms with Crippen molar-refractivity contribution in [2.45, 2.75) is 32.1 Å². The van der Waals surface area contributed by atoms with E-state index in [-0.39, 0.29) is 11.8 Å². The zero-order valence-electron chi connectivity index (χ0n) is 12.4. The normalized spacial score (nSPS) is 25.3. The monoisotopic (exact) mass is 288 g/mol. The minimum Gasteiger partial charge on any atom is -0.357 e. The van der Waals surface area contributed by atoms with Gasteiger partial charge in [0.15, 0.2) is 0 Å². The summed E-state index contributed by atoms with van der Waals surface area (Å²) in [6.07, 6.45) is 7.36. The van der Waals surface area contributed by atoms with Gasteiger partial charge in [0, 0.05) is 19.0 Å². The van der Waals surface area contributed by atoms with Crippen molar-refractivity contribution in [3.8, 4) is 0 Å². The molecule has 3 rings (SSSR count). The van der Waals surface area contributed by atoms with Gasteiger partial charge in [-0.05, 0) is 50.3 Å². The molecule has 1 aliphatic heterocycles.